The number of aromatic nitrogens is 2. The van der Waals surface area contributed by atoms with Crippen LogP contribution < -0.4 is 10.9 Å². The molecule has 3 rings (SSSR count). The Morgan fingerprint density at radius 2 is 2.09 bits per heavy atom. The molecule has 1 aromatic carbocycles. The highest BCUT2D eigenvalue weighted by Crippen LogP contribution is 2.34. The number of thioether (sulfide) groups is 1. The van der Waals surface area contributed by atoms with Crippen molar-refractivity contribution < 1.29 is 9.90 Å². The minimum atomic E-state index is -0.381. The van der Waals surface area contributed by atoms with Gasteiger partial charge in [-0.15, -0.1) is 6.58 Å². The van der Waals surface area contributed by atoms with Crippen molar-refractivity contribution in [3.8, 4) is 5.75 Å². The van der Waals surface area contributed by atoms with Crippen LogP contribution in [0.3, 0.4) is 0 Å². The third kappa shape index (κ3) is 3.14. The van der Waals surface area contributed by atoms with E-state index in [2.05, 4.69) is 21.9 Å². The van der Waals surface area contributed by atoms with Crippen LogP contribution in [0.4, 0.5) is 5.82 Å². The molecule has 2 aromatic rings. The van der Waals surface area contributed by atoms with Crippen molar-refractivity contribution in [2.45, 2.75) is 17.5 Å². The molecule has 0 radical (unpaired) electrons. The molecule has 0 bridgehead atoms. The number of phenols is 1. The maximum absolute atomic E-state index is 12.5. The van der Waals surface area contributed by atoms with E-state index in [4.69, 9.17) is 0 Å². The quantitative estimate of drug-likeness (QED) is 0.454. The Morgan fingerprint density at radius 1 is 1.35 bits per heavy atom. The van der Waals surface area contributed by atoms with Crippen LogP contribution in [0, 0.1) is 0 Å². The number of aromatic amines is 1. The Bertz CT molecular complexity index is 814. The Kier molecular flexibility index (Phi) is 4.20. The molecule has 23 heavy (non-hydrogen) atoms. The SMILES string of the molecule is C=CCSc1nc2c(c(=O)[nH]1)[C@@H](c1ccc(O)cc1)CC(=O)N2. The van der Waals surface area contributed by atoms with Gasteiger partial charge in [0.15, 0.2) is 5.16 Å². The van der Waals surface area contributed by atoms with Gasteiger partial charge in [-0.25, -0.2) is 4.98 Å². The van der Waals surface area contributed by atoms with E-state index in [9.17, 15) is 14.7 Å². The summed E-state index contributed by atoms with van der Waals surface area (Å²) < 4.78 is 0. The van der Waals surface area contributed by atoms with Crippen LogP contribution in [0.5, 0.6) is 5.75 Å². The lowest BCUT2D eigenvalue weighted by molar-refractivity contribution is -0.116. The molecule has 1 aromatic heterocycles. The molecule has 0 unspecified atom stereocenters. The summed E-state index contributed by atoms with van der Waals surface area (Å²) in [6.45, 7) is 3.63. The summed E-state index contributed by atoms with van der Waals surface area (Å²) in [5, 5.41) is 12.5. The second-order valence-corrected chi connectivity index (χ2v) is 6.14. The molecule has 1 atom stereocenters. The molecule has 6 nitrogen and oxygen atoms in total. The smallest absolute Gasteiger partial charge is 0.257 e. The number of aromatic hydroxyl groups is 1. The van der Waals surface area contributed by atoms with Gasteiger partial charge in [-0.2, -0.15) is 0 Å². The van der Waals surface area contributed by atoms with Crippen LogP contribution in [-0.2, 0) is 4.79 Å². The highest BCUT2D eigenvalue weighted by molar-refractivity contribution is 7.99. The fraction of sp³-hybridized carbons (Fsp3) is 0.188. The second kappa shape index (κ2) is 6.29. The van der Waals surface area contributed by atoms with Gasteiger partial charge in [0.25, 0.3) is 5.56 Å². The average molecular weight is 329 g/mol. The number of hydrogen-bond acceptors (Lipinski definition) is 5. The van der Waals surface area contributed by atoms with E-state index in [1.807, 2.05) is 0 Å². The average Bonchev–Trinajstić information content (AvgIpc) is 2.52. The highest BCUT2D eigenvalue weighted by Gasteiger charge is 2.30. The molecule has 118 valence electrons. The molecular weight excluding hydrogens is 314 g/mol. The van der Waals surface area contributed by atoms with Gasteiger partial charge >= 0.3 is 0 Å². The van der Waals surface area contributed by atoms with Crippen molar-refractivity contribution in [2.24, 2.45) is 0 Å². The number of nitrogens with one attached hydrogen (secondary N) is 2. The van der Waals surface area contributed by atoms with E-state index in [1.165, 1.54) is 23.9 Å². The molecule has 0 spiro atoms. The van der Waals surface area contributed by atoms with Gasteiger partial charge in [-0.05, 0) is 17.7 Å². The number of phenolic OH excluding ortho intramolecular Hbond substituents is 1. The Hall–Kier alpha value is -2.54. The lowest BCUT2D eigenvalue weighted by Crippen LogP contribution is -2.31. The number of rotatable bonds is 4. The molecule has 0 saturated carbocycles. The second-order valence-electron chi connectivity index (χ2n) is 5.13. The standard InChI is InChI=1S/C16H15N3O3S/c1-2-7-23-16-18-14-13(15(22)19-16)11(8-12(21)17-14)9-3-5-10(20)6-4-9/h2-6,11,20H,1,7-8H2,(H2,17,18,19,21,22)/t11-/m1/s1. The Labute approximate surface area is 136 Å². The lowest BCUT2D eigenvalue weighted by atomic mass is 9.87. The largest absolute Gasteiger partial charge is 0.508 e. The molecule has 7 heteroatoms. The Balaban J connectivity index is 2.06. The van der Waals surface area contributed by atoms with Crippen molar-refractivity contribution >= 4 is 23.5 Å². The van der Waals surface area contributed by atoms with E-state index in [1.54, 1.807) is 18.2 Å². The first-order chi connectivity index (χ1) is 11.1. The number of carbonyl (C=O) groups excluding carboxylic acids is 1. The first kappa shape index (κ1) is 15.4. The maximum Gasteiger partial charge on any atom is 0.257 e. The summed E-state index contributed by atoms with van der Waals surface area (Å²) in [6.07, 6.45) is 1.88. The molecule has 0 aliphatic carbocycles. The summed E-state index contributed by atoms with van der Waals surface area (Å²) in [5.74, 6) is 0.478. The fourth-order valence-electron chi connectivity index (χ4n) is 2.55. The van der Waals surface area contributed by atoms with E-state index in [-0.39, 0.29) is 29.6 Å². The number of amides is 1. The van der Waals surface area contributed by atoms with Gasteiger partial charge in [-0.1, -0.05) is 30.0 Å². The van der Waals surface area contributed by atoms with E-state index in [0.29, 0.717) is 22.3 Å². The fourth-order valence-corrected chi connectivity index (χ4v) is 3.14. The number of benzene rings is 1. The Morgan fingerprint density at radius 3 is 2.78 bits per heavy atom. The number of carbonyl (C=O) groups is 1. The van der Waals surface area contributed by atoms with Crippen LogP contribution >= 0.6 is 11.8 Å². The molecular formula is C16H15N3O3S. The minimum absolute atomic E-state index is 0.137. The molecule has 0 saturated heterocycles. The van der Waals surface area contributed by atoms with Crippen molar-refractivity contribution in [3.05, 3.63) is 58.4 Å². The van der Waals surface area contributed by atoms with Gasteiger partial charge in [0.05, 0.1) is 5.56 Å². The van der Waals surface area contributed by atoms with Crippen LogP contribution in [0.1, 0.15) is 23.5 Å². The summed E-state index contributed by atoms with van der Waals surface area (Å²) in [4.78, 5) is 31.5. The van der Waals surface area contributed by atoms with Crippen LogP contribution in [0.25, 0.3) is 0 Å². The molecule has 2 heterocycles. The number of fused-ring (bicyclic) bond motifs is 1. The van der Waals surface area contributed by atoms with Gasteiger partial charge in [0.1, 0.15) is 11.6 Å². The third-order valence-corrected chi connectivity index (χ3v) is 4.43. The first-order valence-electron chi connectivity index (χ1n) is 7.05. The van der Waals surface area contributed by atoms with Gasteiger partial charge < -0.3 is 15.4 Å². The molecule has 1 aliphatic heterocycles. The van der Waals surface area contributed by atoms with Crippen LogP contribution in [0.2, 0.25) is 0 Å². The molecule has 3 N–H and O–H groups in total. The number of anilines is 1. The van der Waals surface area contributed by atoms with Crippen molar-refractivity contribution in [3.63, 3.8) is 0 Å². The summed E-state index contributed by atoms with van der Waals surface area (Å²) in [7, 11) is 0. The number of H-pyrrole nitrogens is 1. The molecule has 1 amide bonds. The van der Waals surface area contributed by atoms with Gasteiger partial charge in [-0.3, -0.25) is 9.59 Å². The summed E-state index contributed by atoms with van der Waals surface area (Å²) >= 11 is 1.34. The predicted molar refractivity (Wildman–Crippen MR) is 89.0 cm³/mol. The number of hydrogen-bond donors (Lipinski definition) is 3. The zero-order valence-electron chi connectivity index (χ0n) is 12.2. The van der Waals surface area contributed by atoms with Gasteiger partial charge in [0.2, 0.25) is 5.91 Å². The maximum atomic E-state index is 12.5. The minimum Gasteiger partial charge on any atom is -0.508 e. The molecule has 0 fully saturated rings. The molecule has 1 aliphatic rings. The van der Waals surface area contributed by atoms with Gasteiger partial charge in [0, 0.05) is 18.1 Å². The monoisotopic (exact) mass is 329 g/mol. The van der Waals surface area contributed by atoms with Crippen molar-refractivity contribution in [2.75, 3.05) is 11.1 Å². The van der Waals surface area contributed by atoms with E-state index >= 15 is 0 Å². The predicted octanol–water partition coefficient (Wildman–Crippen LogP) is 2.23. The zero-order valence-corrected chi connectivity index (χ0v) is 13.0. The lowest BCUT2D eigenvalue weighted by Gasteiger charge is -2.24. The topological polar surface area (TPSA) is 95.1 Å². The summed E-state index contributed by atoms with van der Waals surface area (Å²) in [6, 6.07) is 6.50. The van der Waals surface area contributed by atoms with Crippen LogP contribution in [0.15, 0.2) is 46.9 Å². The summed E-state index contributed by atoms with van der Waals surface area (Å²) in [5.41, 5.74) is 0.968. The first-order valence-corrected chi connectivity index (χ1v) is 8.03. The van der Waals surface area contributed by atoms with Crippen molar-refractivity contribution in [1.82, 2.24) is 9.97 Å². The number of nitrogens with zero attached hydrogens (tertiary/aromatic N) is 1. The third-order valence-electron chi connectivity index (χ3n) is 3.56. The highest BCUT2D eigenvalue weighted by atomic mass is 32.2. The van der Waals surface area contributed by atoms with E-state index in [0.717, 1.165) is 5.56 Å². The van der Waals surface area contributed by atoms with E-state index < -0.39 is 0 Å². The normalized spacial score (nSPS) is 16.5. The van der Waals surface area contributed by atoms with Crippen LogP contribution in [-0.4, -0.2) is 26.7 Å². The van der Waals surface area contributed by atoms with Crippen molar-refractivity contribution in [1.29, 1.82) is 0 Å². The zero-order chi connectivity index (χ0) is 16.4.